The maximum atomic E-state index is 13.3. The Balaban J connectivity index is 1.61. The first kappa shape index (κ1) is 20.6. The summed E-state index contributed by atoms with van der Waals surface area (Å²) in [5, 5.41) is 0.726. The lowest BCUT2D eigenvalue weighted by atomic mass is 9.95. The van der Waals surface area contributed by atoms with E-state index in [9.17, 15) is 4.79 Å². The number of aromatic nitrogens is 2. The molecule has 5 nitrogen and oxygen atoms in total. The molecule has 0 atom stereocenters. The molecule has 1 aromatic heterocycles. The van der Waals surface area contributed by atoms with Crippen LogP contribution < -0.4 is 4.90 Å². The SMILES string of the molecule is CCCCCN(Cc1ccc(Cl)cc1)C(=O)C1CCN(c2cnccn2)CC1. The van der Waals surface area contributed by atoms with Crippen LogP contribution in [0.2, 0.25) is 5.02 Å². The fraction of sp³-hybridized carbons (Fsp3) is 0.500. The van der Waals surface area contributed by atoms with Gasteiger partial charge in [0.2, 0.25) is 5.91 Å². The van der Waals surface area contributed by atoms with Crippen LogP contribution in [0.4, 0.5) is 5.82 Å². The summed E-state index contributed by atoms with van der Waals surface area (Å²) in [5.41, 5.74) is 1.13. The summed E-state index contributed by atoms with van der Waals surface area (Å²) in [7, 11) is 0. The van der Waals surface area contributed by atoms with Gasteiger partial charge in [-0.1, -0.05) is 43.5 Å². The number of carbonyl (C=O) groups is 1. The van der Waals surface area contributed by atoms with Crippen molar-refractivity contribution in [2.24, 2.45) is 5.92 Å². The van der Waals surface area contributed by atoms with Gasteiger partial charge >= 0.3 is 0 Å². The first-order valence-electron chi connectivity index (χ1n) is 10.2. The molecule has 1 aromatic carbocycles. The number of nitrogens with zero attached hydrogens (tertiary/aromatic N) is 4. The van der Waals surface area contributed by atoms with Gasteiger partial charge in [0.1, 0.15) is 5.82 Å². The van der Waals surface area contributed by atoms with Crippen molar-refractivity contribution in [2.75, 3.05) is 24.5 Å². The number of unbranched alkanes of at least 4 members (excludes halogenated alkanes) is 2. The van der Waals surface area contributed by atoms with Crippen LogP contribution in [0.25, 0.3) is 0 Å². The number of hydrogen-bond donors (Lipinski definition) is 0. The number of hydrogen-bond acceptors (Lipinski definition) is 4. The lowest BCUT2D eigenvalue weighted by Gasteiger charge is -2.34. The smallest absolute Gasteiger partial charge is 0.226 e. The lowest BCUT2D eigenvalue weighted by molar-refractivity contribution is -0.137. The van der Waals surface area contributed by atoms with Crippen molar-refractivity contribution in [1.82, 2.24) is 14.9 Å². The van der Waals surface area contributed by atoms with E-state index in [2.05, 4.69) is 21.8 Å². The third kappa shape index (κ3) is 5.68. The molecular weight excluding hydrogens is 372 g/mol. The zero-order valence-corrected chi connectivity index (χ0v) is 17.3. The fourth-order valence-electron chi connectivity index (χ4n) is 3.70. The Morgan fingerprint density at radius 2 is 1.93 bits per heavy atom. The van der Waals surface area contributed by atoms with Crippen LogP contribution in [-0.4, -0.2) is 40.4 Å². The molecule has 6 heteroatoms. The van der Waals surface area contributed by atoms with E-state index in [0.717, 1.165) is 68.1 Å². The Kier molecular flexibility index (Phi) is 7.66. The van der Waals surface area contributed by atoms with Gasteiger partial charge in [0, 0.05) is 49.5 Å². The second kappa shape index (κ2) is 10.4. The summed E-state index contributed by atoms with van der Waals surface area (Å²) in [5.74, 6) is 1.26. The molecule has 2 heterocycles. The molecule has 1 aliphatic heterocycles. The predicted octanol–water partition coefficient (Wildman–Crippen LogP) is 4.57. The highest BCUT2D eigenvalue weighted by atomic mass is 35.5. The molecule has 0 spiro atoms. The molecule has 0 radical (unpaired) electrons. The van der Waals surface area contributed by atoms with Gasteiger partial charge in [-0.25, -0.2) is 4.98 Å². The first-order valence-corrected chi connectivity index (χ1v) is 10.6. The van der Waals surface area contributed by atoms with Gasteiger partial charge < -0.3 is 9.80 Å². The van der Waals surface area contributed by atoms with Gasteiger partial charge in [-0.2, -0.15) is 0 Å². The van der Waals surface area contributed by atoms with Crippen LogP contribution in [-0.2, 0) is 11.3 Å². The molecule has 150 valence electrons. The highest BCUT2D eigenvalue weighted by Crippen LogP contribution is 2.24. The number of rotatable bonds is 8. The van der Waals surface area contributed by atoms with E-state index in [1.54, 1.807) is 18.6 Å². The van der Waals surface area contributed by atoms with Crippen LogP contribution >= 0.6 is 11.6 Å². The van der Waals surface area contributed by atoms with Crippen LogP contribution in [0.15, 0.2) is 42.9 Å². The second-order valence-corrected chi connectivity index (χ2v) is 7.85. The van der Waals surface area contributed by atoms with Crippen molar-refractivity contribution in [3.8, 4) is 0 Å². The van der Waals surface area contributed by atoms with Crippen molar-refractivity contribution in [2.45, 2.75) is 45.6 Å². The maximum absolute atomic E-state index is 13.3. The normalized spacial score (nSPS) is 14.9. The van der Waals surface area contributed by atoms with Crippen molar-refractivity contribution in [3.05, 3.63) is 53.4 Å². The summed E-state index contributed by atoms with van der Waals surface area (Å²) in [4.78, 5) is 26.0. The van der Waals surface area contributed by atoms with Gasteiger partial charge in [0.25, 0.3) is 0 Å². The van der Waals surface area contributed by atoms with Gasteiger partial charge in [0.05, 0.1) is 6.20 Å². The number of amides is 1. The molecule has 0 N–H and O–H groups in total. The highest BCUT2D eigenvalue weighted by molar-refractivity contribution is 6.30. The molecule has 1 amide bonds. The molecular formula is C22H29ClN4O. The molecule has 28 heavy (non-hydrogen) atoms. The summed E-state index contributed by atoms with van der Waals surface area (Å²) in [6, 6.07) is 7.81. The average Bonchev–Trinajstić information content (AvgIpc) is 2.75. The van der Waals surface area contributed by atoms with Gasteiger partial charge in [-0.3, -0.25) is 9.78 Å². The predicted molar refractivity (Wildman–Crippen MR) is 113 cm³/mol. The molecule has 0 unspecified atom stereocenters. The Hall–Kier alpha value is -2.14. The Labute approximate surface area is 172 Å². The zero-order chi connectivity index (χ0) is 19.8. The number of carbonyl (C=O) groups excluding carboxylic acids is 1. The summed E-state index contributed by atoms with van der Waals surface area (Å²) in [6.07, 6.45) is 10.3. The molecule has 0 saturated carbocycles. The molecule has 1 saturated heterocycles. The van der Waals surface area contributed by atoms with E-state index >= 15 is 0 Å². The Bertz CT molecular complexity index is 730. The van der Waals surface area contributed by atoms with Crippen molar-refractivity contribution in [1.29, 1.82) is 0 Å². The highest BCUT2D eigenvalue weighted by Gasteiger charge is 2.29. The summed E-state index contributed by atoms with van der Waals surface area (Å²) < 4.78 is 0. The maximum Gasteiger partial charge on any atom is 0.226 e. The van der Waals surface area contributed by atoms with Crippen molar-refractivity contribution < 1.29 is 4.79 Å². The van der Waals surface area contributed by atoms with E-state index in [1.807, 2.05) is 29.2 Å². The van der Waals surface area contributed by atoms with E-state index in [-0.39, 0.29) is 11.8 Å². The minimum Gasteiger partial charge on any atom is -0.355 e. The Morgan fingerprint density at radius 1 is 1.18 bits per heavy atom. The third-order valence-corrected chi connectivity index (χ3v) is 5.60. The van der Waals surface area contributed by atoms with Crippen molar-refractivity contribution in [3.63, 3.8) is 0 Å². The van der Waals surface area contributed by atoms with Crippen molar-refractivity contribution >= 4 is 23.3 Å². The fourth-order valence-corrected chi connectivity index (χ4v) is 3.82. The van der Waals surface area contributed by atoms with Gasteiger partial charge in [-0.05, 0) is 37.0 Å². The standard InChI is InChI=1S/C22H29ClN4O/c1-2-3-4-13-27(17-18-5-7-20(23)8-6-18)22(28)19-9-14-26(15-10-19)21-16-24-11-12-25-21/h5-8,11-12,16,19H,2-4,9-10,13-15,17H2,1H3. The van der Waals surface area contributed by atoms with Gasteiger partial charge in [0.15, 0.2) is 0 Å². The topological polar surface area (TPSA) is 49.3 Å². The molecule has 1 fully saturated rings. The molecule has 2 aromatic rings. The lowest BCUT2D eigenvalue weighted by Crippen LogP contribution is -2.43. The molecule has 3 rings (SSSR count). The molecule has 0 bridgehead atoms. The monoisotopic (exact) mass is 400 g/mol. The van der Waals surface area contributed by atoms with E-state index in [4.69, 9.17) is 11.6 Å². The van der Waals surface area contributed by atoms with Crippen LogP contribution in [0.1, 0.15) is 44.6 Å². The largest absolute Gasteiger partial charge is 0.355 e. The summed E-state index contributed by atoms with van der Waals surface area (Å²) in [6.45, 7) is 5.36. The van der Waals surface area contributed by atoms with Crippen LogP contribution in [0.5, 0.6) is 0 Å². The van der Waals surface area contributed by atoms with E-state index in [0.29, 0.717) is 6.54 Å². The average molecular weight is 401 g/mol. The van der Waals surface area contributed by atoms with Crippen LogP contribution in [0.3, 0.4) is 0 Å². The third-order valence-electron chi connectivity index (χ3n) is 5.35. The first-order chi connectivity index (χ1) is 13.7. The number of piperidine rings is 1. The summed E-state index contributed by atoms with van der Waals surface area (Å²) >= 11 is 6.00. The number of anilines is 1. The molecule has 0 aliphatic carbocycles. The van der Waals surface area contributed by atoms with Gasteiger partial charge in [-0.15, -0.1) is 0 Å². The van der Waals surface area contributed by atoms with E-state index < -0.39 is 0 Å². The zero-order valence-electron chi connectivity index (χ0n) is 16.6. The number of halogens is 1. The minimum absolute atomic E-state index is 0.0850. The molecule has 1 aliphatic rings. The quantitative estimate of drug-likeness (QED) is 0.609. The van der Waals surface area contributed by atoms with Crippen LogP contribution in [0, 0.1) is 5.92 Å². The number of benzene rings is 1. The second-order valence-electron chi connectivity index (χ2n) is 7.42. The van der Waals surface area contributed by atoms with E-state index in [1.165, 1.54) is 0 Å². The Morgan fingerprint density at radius 3 is 2.57 bits per heavy atom. The minimum atomic E-state index is 0.0850.